The van der Waals surface area contributed by atoms with Gasteiger partial charge in [0.2, 0.25) is 0 Å². The normalized spacial score (nSPS) is 22.1. The minimum Gasteiger partial charge on any atom is -0.364 e. The third kappa shape index (κ3) is 3.88. The highest BCUT2D eigenvalue weighted by molar-refractivity contribution is 8.14. The summed E-state index contributed by atoms with van der Waals surface area (Å²) in [6, 6.07) is 0. The summed E-state index contributed by atoms with van der Waals surface area (Å²) in [5.41, 5.74) is 0. The van der Waals surface area contributed by atoms with Crippen molar-refractivity contribution in [2.45, 2.75) is 19.1 Å². The molecule has 4 nitrogen and oxygen atoms in total. The third-order valence-corrected chi connectivity index (χ3v) is 4.69. The van der Waals surface area contributed by atoms with Gasteiger partial charge >= 0.3 is 0 Å². The van der Waals surface area contributed by atoms with Gasteiger partial charge in [0, 0.05) is 17.5 Å². The van der Waals surface area contributed by atoms with E-state index in [4.69, 9.17) is 0 Å². The van der Waals surface area contributed by atoms with Crippen molar-refractivity contribution >= 4 is 26.8 Å². The van der Waals surface area contributed by atoms with Crippen LogP contribution in [0.2, 0.25) is 0 Å². The average molecular weight is 236 g/mol. The summed E-state index contributed by atoms with van der Waals surface area (Å²) >= 11 is 1.67. The van der Waals surface area contributed by atoms with Crippen LogP contribution in [0.5, 0.6) is 0 Å². The minimum absolute atomic E-state index is 0.192. The molecule has 0 aromatic rings. The molecule has 1 atom stereocenters. The first-order valence-corrected chi connectivity index (χ1v) is 7.39. The number of amidine groups is 1. The van der Waals surface area contributed by atoms with Crippen LogP contribution in [0.15, 0.2) is 4.99 Å². The number of nitrogens with zero attached hydrogens (tertiary/aromatic N) is 1. The molecule has 1 aliphatic rings. The van der Waals surface area contributed by atoms with Crippen molar-refractivity contribution in [3.05, 3.63) is 0 Å². The maximum atomic E-state index is 11.2. The number of aliphatic imine (C=N–C) groups is 1. The molecule has 0 aliphatic carbocycles. The summed E-state index contributed by atoms with van der Waals surface area (Å²) < 4.78 is 22.3. The summed E-state index contributed by atoms with van der Waals surface area (Å²) in [5, 5.41) is 4.43. The Bertz CT molecular complexity index is 311. The average Bonchev–Trinajstić information content (AvgIpc) is 2.51. The van der Waals surface area contributed by atoms with Gasteiger partial charge in [-0.05, 0) is 0 Å². The van der Waals surface area contributed by atoms with Crippen molar-refractivity contribution in [2.24, 2.45) is 4.99 Å². The second kappa shape index (κ2) is 5.02. The molecule has 0 spiro atoms. The molecule has 0 amide bonds. The smallest absolute Gasteiger partial charge is 0.156 e. The number of sulfone groups is 1. The lowest BCUT2D eigenvalue weighted by atomic mass is 10.5. The molecule has 82 valence electrons. The van der Waals surface area contributed by atoms with Gasteiger partial charge in [0.25, 0.3) is 0 Å². The molecule has 14 heavy (non-hydrogen) atoms. The topological polar surface area (TPSA) is 58.5 Å². The Morgan fingerprint density at radius 1 is 1.64 bits per heavy atom. The lowest BCUT2D eigenvalue weighted by Gasteiger charge is -2.05. The second-order valence-electron chi connectivity index (χ2n) is 3.24. The fourth-order valence-electron chi connectivity index (χ4n) is 1.03. The molecule has 1 heterocycles. The van der Waals surface area contributed by atoms with Gasteiger partial charge in [0.1, 0.15) is 0 Å². The lowest BCUT2D eigenvalue weighted by Crippen LogP contribution is -2.27. The standard InChI is InChI=1S/C8H16N2O2S2/c1-3-14(11,12)5-4-9-8-10-6-7(2)13-8/h7H,3-6H2,1-2H3,(H,9,10). The maximum absolute atomic E-state index is 11.2. The van der Waals surface area contributed by atoms with Gasteiger partial charge in [0.15, 0.2) is 15.0 Å². The first-order valence-electron chi connectivity index (χ1n) is 4.69. The van der Waals surface area contributed by atoms with E-state index in [1.54, 1.807) is 18.7 Å². The molecule has 1 aliphatic heterocycles. The zero-order valence-electron chi connectivity index (χ0n) is 8.49. The van der Waals surface area contributed by atoms with Crippen LogP contribution in [0.4, 0.5) is 0 Å². The maximum Gasteiger partial charge on any atom is 0.156 e. The van der Waals surface area contributed by atoms with Crippen molar-refractivity contribution in [3.63, 3.8) is 0 Å². The van der Waals surface area contributed by atoms with Gasteiger partial charge in [-0.1, -0.05) is 25.6 Å². The predicted molar refractivity (Wildman–Crippen MR) is 61.7 cm³/mol. The zero-order valence-corrected chi connectivity index (χ0v) is 10.1. The van der Waals surface area contributed by atoms with Crippen LogP contribution in [0.1, 0.15) is 13.8 Å². The number of rotatable bonds is 4. The van der Waals surface area contributed by atoms with Crippen molar-refractivity contribution in [2.75, 3.05) is 24.6 Å². The van der Waals surface area contributed by atoms with Crippen molar-refractivity contribution < 1.29 is 8.42 Å². The molecule has 0 bridgehead atoms. The van der Waals surface area contributed by atoms with Crippen LogP contribution in [0.25, 0.3) is 0 Å². The van der Waals surface area contributed by atoms with Crippen LogP contribution in [0.3, 0.4) is 0 Å². The van der Waals surface area contributed by atoms with E-state index in [0.717, 1.165) is 11.7 Å². The fraction of sp³-hybridized carbons (Fsp3) is 0.875. The largest absolute Gasteiger partial charge is 0.364 e. The first kappa shape index (κ1) is 11.8. The highest BCUT2D eigenvalue weighted by Gasteiger charge is 2.15. The van der Waals surface area contributed by atoms with Crippen molar-refractivity contribution in [3.8, 4) is 0 Å². The van der Waals surface area contributed by atoms with E-state index >= 15 is 0 Å². The molecule has 0 radical (unpaired) electrons. The van der Waals surface area contributed by atoms with Gasteiger partial charge in [0.05, 0.1) is 12.3 Å². The van der Waals surface area contributed by atoms with Crippen LogP contribution < -0.4 is 5.32 Å². The zero-order chi connectivity index (χ0) is 10.6. The second-order valence-corrected chi connectivity index (χ2v) is 7.14. The molecule has 0 saturated carbocycles. The van der Waals surface area contributed by atoms with Gasteiger partial charge in [-0.2, -0.15) is 0 Å². The summed E-state index contributed by atoms with van der Waals surface area (Å²) in [4.78, 5) is 4.24. The molecule has 6 heteroatoms. The van der Waals surface area contributed by atoms with Crippen molar-refractivity contribution in [1.29, 1.82) is 0 Å². The van der Waals surface area contributed by atoms with Crippen LogP contribution in [-0.4, -0.2) is 43.4 Å². The van der Waals surface area contributed by atoms with Gasteiger partial charge in [-0.15, -0.1) is 0 Å². The third-order valence-electron chi connectivity index (χ3n) is 1.93. The molecule has 0 aromatic heterocycles. The highest BCUT2D eigenvalue weighted by atomic mass is 32.2. The van der Waals surface area contributed by atoms with E-state index in [2.05, 4.69) is 17.2 Å². The Morgan fingerprint density at radius 2 is 2.36 bits per heavy atom. The fourth-order valence-corrected chi connectivity index (χ4v) is 2.60. The van der Waals surface area contributed by atoms with E-state index in [9.17, 15) is 8.42 Å². The van der Waals surface area contributed by atoms with Crippen molar-refractivity contribution in [1.82, 2.24) is 5.32 Å². The Hall–Kier alpha value is -0.230. The lowest BCUT2D eigenvalue weighted by molar-refractivity contribution is 0.596. The molecule has 1 unspecified atom stereocenters. The van der Waals surface area contributed by atoms with Gasteiger partial charge in [-0.3, -0.25) is 4.99 Å². The van der Waals surface area contributed by atoms with E-state index in [1.165, 1.54) is 0 Å². The minimum atomic E-state index is -2.85. The molecular formula is C8H16N2O2S2. The van der Waals surface area contributed by atoms with Crippen LogP contribution >= 0.6 is 11.8 Å². The Morgan fingerprint density at radius 3 is 2.86 bits per heavy atom. The molecule has 1 N–H and O–H groups in total. The number of hydrogen-bond donors (Lipinski definition) is 1. The summed E-state index contributed by atoms with van der Waals surface area (Å²) in [6.45, 7) is 5.06. The van der Waals surface area contributed by atoms with Crippen LogP contribution in [-0.2, 0) is 9.84 Å². The number of hydrogen-bond acceptors (Lipinski definition) is 5. The summed E-state index contributed by atoms with van der Waals surface area (Å²) in [7, 11) is -2.85. The van der Waals surface area contributed by atoms with E-state index < -0.39 is 9.84 Å². The number of nitrogens with one attached hydrogen (secondary N) is 1. The molecular weight excluding hydrogens is 220 g/mol. The highest BCUT2D eigenvalue weighted by Crippen LogP contribution is 2.18. The van der Waals surface area contributed by atoms with Gasteiger partial charge in [-0.25, -0.2) is 8.42 Å². The Balaban J connectivity index is 2.23. The van der Waals surface area contributed by atoms with E-state index in [0.29, 0.717) is 11.8 Å². The van der Waals surface area contributed by atoms with E-state index in [1.807, 2.05) is 0 Å². The summed E-state index contributed by atoms with van der Waals surface area (Å²) in [5.74, 6) is 0.405. The predicted octanol–water partition coefficient (Wildman–Crippen LogP) is 0.502. The molecule has 0 saturated heterocycles. The Labute approximate surface area is 89.5 Å². The SMILES string of the molecule is CCS(=O)(=O)CCNC1=NCC(C)S1. The van der Waals surface area contributed by atoms with Crippen LogP contribution in [0, 0.1) is 0 Å². The number of thioether (sulfide) groups is 1. The van der Waals surface area contributed by atoms with Gasteiger partial charge < -0.3 is 5.32 Å². The van der Waals surface area contributed by atoms with E-state index in [-0.39, 0.29) is 11.5 Å². The molecule has 0 fully saturated rings. The molecule has 0 aromatic carbocycles. The summed E-state index contributed by atoms with van der Waals surface area (Å²) in [6.07, 6.45) is 0. The monoisotopic (exact) mass is 236 g/mol. The Kier molecular flexibility index (Phi) is 4.25. The quantitative estimate of drug-likeness (QED) is 0.772. The molecule has 1 rings (SSSR count). The first-order chi connectivity index (χ1) is 6.53.